The molecule has 0 aliphatic heterocycles. The summed E-state index contributed by atoms with van der Waals surface area (Å²) in [5.41, 5.74) is 10.4. The highest BCUT2D eigenvalue weighted by molar-refractivity contribution is 5.85. The standard InChI is InChI=1S/C18H23NO2.ClH/c1-13-10-16(17(19)8-9-20)11-14(2)18(13)21-12-15-6-4-3-5-7-15;/h3-7,10-11,17,20H,8-9,12,19H2,1-2H3;1H. The summed E-state index contributed by atoms with van der Waals surface area (Å²) in [6, 6.07) is 14.1. The summed E-state index contributed by atoms with van der Waals surface area (Å²) in [5, 5.41) is 9.00. The summed E-state index contributed by atoms with van der Waals surface area (Å²) >= 11 is 0. The van der Waals surface area contributed by atoms with Crippen molar-refractivity contribution in [3.8, 4) is 5.75 Å². The quantitative estimate of drug-likeness (QED) is 0.853. The third kappa shape index (κ3) is 4.73. The zero-order chi connectivity index (χ0) is 15.2. The van der Waals surface area contributed by atoms with Gasteiger partial charge < -0.3 is 15.6 Å². The van der Waals surface area contributed by atoms with Crippen molar-refractivity contribution in [2.45, 2.75) is 32.9 Å². The molecule has 0 bridgehead atoms. The van der Waals surface area contributed by atoms with Crippen LogP contribution in [0.4, 0.5) is 0 Å². The van der Waals surface area contributed by atoms with Gasteiger partial charge in [-0.05, 0) is 42.5 Å². The van der Waals surface area contributed by atoms with Crippen molar-refractivity contribution in [2.24, 2.45) is 5.73 Å². The van der Waals surface area contributed by atoms with Crippen molar-refractivity contribution >= 4 is 12.4 Å². The highest BCUT2D eigenvalue weighted by Crippen LogP contribution is 2.28. The molecule has 0 heterocycles. The summed E-state index contributed by atoms with van der Waals surface area (Å²) in [6.07, 6.45) is 0.573. The van der Waals surface area contributed by atoms with E-state index in [-0.39, 0.29) is 25.1 Å². The van der Waals surface area contributed by atoms with E-state index in [0.29, 0.717) is 13.0 Å². The van der Waals surface area contributed by atoms with Gasteiger partial charge in [0.05, 0.1) is 0 Å². The van der Waals surface area contributed by atoms with E-state index < -0.39 is 0 Å². The number of hydrogen-bond donors (Lipinski definition) is 2. The Balaban J connectivity index is 0.00000242. The minimum absolute atomic E-state index is 0. The Morgan fingerprint density at radius 2 is 1.68 bits per heavy atom. The van der Waals surface area contributed by atoms with Crippen LogP contribution >= 0.6 is 12.4 Å². The van der Waals surface area contributed by atoms with Crippen LogP contribution < -0.4 is 10.5 Å². The van der Waals surface area contributed by atoms with E-state index in [2.05, 4.69) is 12.1 Å². The van der Waals surface area contributed by atoms with Crippen molar-refractivity contribution in [1.82, 2.24) is 0 Å². The first-order chi connectivity index (χ1) is 10.1. The van der Waals surface area contributed by atoms with Gasteiger partial charge in [-0.25, -0.2) is 0 Å². The summed E-state index contributed by atoms with van der Waals surface area (Å²) in [6.45, 7) is 4.72. The Morgan fingerprint density at radius 3 is 2.23 bits per heavy atom. The van der Waals surface area contributed by atoms with Gasteiger partial charge in [-0.3, -0.25) is 0 Å². The molecule has 0 aliphatic rings. The molecule has 2 aromatic rings. The smallest absolute Gasteiger partial charge is 0.125 e. The van der Waals surface area contributed by atoms with Gasteiger partial charge in [0.2, 0.25) is 0 Å². The minimum Gasteiger partial charge on any atom is -0.488 e. The zero-order valence-electron chi connectivity index (χ0n) is 13.1. The Morgan fingerprint density at radius 1 is 1.09 bits per heavy atom. The lowest BCUT2D eigenvalue weighted by atomic mass is 9.99. The van der Waals surface area contributed by atoms with Crippen LogP contribution in [0.25, 0.3) is 0 Å². The van der Waals surface area contributed by atoms with Crippen LogP contribution in [0.1, 0.15) is 34.7 Å². The number of aliphatic hydroxyl groups is 1. The first kappa shape index (κ1) is 18.5. The lowest BCUT2D eigenvalue weighted by molar-refractivity contribution is 0.276. The fourth-order valence-corrected chi connectivity index (χ4v) is 2.46. The van der Waals surface area contributed by atoms with E-state index in [4.69, 9.17) is 15.6 Å². The van der Waals surface area contributed by atoms with E-state index in [1.165, 1.54) is 0 Å². The monoisotopic (exact) mass is 321 g/mol. The third-order valence-corrected chi connectivity index (χ3v) is 3.58. The van der Waals surface area contributed by atoms with E-state index >= 15 is 0 Å². The maximum Gasteiger partial charge on any atom is 0.125 e. The molecule has 3 nitrogen and oxygen atoms in total. The number of nitrogens with two attached hydrogens (primary N) is 1. The summed E-state index contributed by atoms with van der Waals surface area (Å²) in [5.74, 6) is 0.916. The fraction of sp³-hybridized carbons (Fsp3) is 0.333. The molecule has 0 fully saturated rings. The minimum atomic E-state index is -0.129. The topological polar surface area (TPSA) is 55.5 Å². The molecule has 0 aromatic heterocycles. The van der Waals surface area contributed by atoms with Crippen LogP contribution in [-0.2, 0) is 6.61 Å². The molecule has 2 aromatic carbocycles. The molecule has 0 radical (unpaired) electrons. The molecule has 1 unspecified atom stereocenters. The lowest BCUT2D eigenvalue weighted by Crippen LogP contribution is -2.12. The summed E-state index contributed by atoms with van der Waals surface area (Å²) < 4.78 is 5.96. The van der Waals surface area contributed by atoms with Gasteiger partial charge in [-0.2, -0.15) is 0 Å². The number of halogens is 1. The first-order valence-electron chi connectivity index (χ1n) is 7.26. The van der Waals surface area contributed by atoms with Crippen LogP contribution in [0.3, 0.4) is 0 Å². The number of benzene rings is 2. The first-order valence-corrected chi connectivity index (χ1v) is 7.26. The third-order valence-electron chi connectivity index (χ3n) is 3.58. The number of ether oxygens (including phenoxy) is 1. The molecule has 1 atom stereocenters. The van der Waals surface area contributed by atoms with Crippen LogP contribution in [-0.4, -0.2) is 11.7 Å². The number of aryl methyl sites for hydroxylation is 2. The van der Waals surface area contributed by atoms with Crippen LogP contribution in [0.2, 0.25) is 0 Å². The molecule has 120 valence electrons. The average molecular weight is 322 g/mol. The largest absolute Gasteiger partial charge is 0.488 e. The predicted molar refractivity (Wildman–Crippen MR) is 92.6 cm³/mol. The average Bonchev–Trinajstić information content (AvgIpc) is 2.47. The van der Waals surface area contributed by atoms with E-state index in [9.17, 15) is 0 Å². The molecule has 2 rings (SSSR count). The molecule has 0 saturated carbocycles. The fourth-order valence-electron chi connectivity index (χ4n) is 2.46. The molecular formula is C18H24ClNO2. The van der Waals surface area contributed by atoms with Crippen LogP contribution in [0, 0.1) is 13.8 Å². The van der Waals surface area contributed by atoms with E-state index in [1.807, 2.05) is 44.2 Å². The Labute approximate surface area is 138 Å². The summed E-state index contributed by atoms with van der Waals surface area (Å²) in [7, 11) is 0. The maximum absolute atomic E-state index is 9.00. The lowest BCUT2D eigenvalue weighted by Gasteiger charge is -2.17. The molecule has 22 heavy (non-hydrogen) atoms. The van der Waals surface area contributed by atoms with Gasteiger partial charge in [0.15, 0.2) is 0 Å². The van der Waals surface area contributed by atoms with E-state index in [1.54, 1.807) is 0 Å². The van der Waals surface area contributed by atoms with Crippen molar-refractivity contribution in [2.75, 3.05) is 6.61 Å². The second-order valence-electron chi connectivity index (χ2n) is 5.38. The predicted octanol–water partition coefficient (Wildman–Crippen LogP) is 3.69. The van der Waals surface area contributed by atoms with Crippen molar-refractivity contribution in [3.63, 3.8) is 0 Å². The van der Waals surface area contributed by atoms with Gasteiger partial charge in [0.1, 0.15) is 12.4 Å². The molecule has 0 amide bonds. The second kappa shape index (κ2) is 8.79. The second-order valence-corrected chi connectivity index (χ2v) is 5.38. The van der Waals surface area contributed by atoms with Gasteiger partial charge in [-0.1, -0.05) is 42.5 Å². The Kier molecular flexibility index (Phi) is 7.39. The Bertz CT molecular complexity index is 564. The van der Waals surface area contributed by atoms with Gasteiger partial charge >= 0.3 is 0 Å². The van der Waals surface area contributed by atoms with Crippen molar-refractivity contribution < 1.29 is 9.84 Å². The van der Waals surface area contributed by atoms with Crippen LogP contribution in [0.5, 0.6) is 5.75 Å². The molecule has 0 saturated heterocycles. The molecule has 3 N–H and O–H groups in total. The van der Waals surface area contributed by atoms with Gasteiger partial charge in [0.25, 0.3) is 0 Å². The van der Waals surface area contributed by atoms with Gasteiger partial charge in [0, 0.05) is 12.6 Å². The van der Waals surface area contributed by atoms with Crippen molar-refractivity contribution in [3.05, 3.63) is 64.7 Å². The normalized spacial score (nSPS) is 11.6. The molecule has 0 spiro atoms. The van der Waals surface area contributed by atoms with E-state index in [0.717, 1.165) is 28.0 Å². The summed E-state index contributed by atoms with van der Waals surface area (Å²) in [4.78, 5) is 0. The van der Waals surface area contributed by atoms with Crippen LogP contribution in [0.15, 0.2) is 42.5 Å². The SMILES string of the molecule is Cc1cc(C(N)CCO)cc(C)c1OCc1ccccc1.Cl. The van der Waals surface area contributed by atoms with Crippen molar-refractivity contribution in [1.29, 1.82) is 0 Å². The van der Waals surface area contributed by atoms with Gasteiger partial charge in [-0.15, -0.1) is 12.4 Å². The molecular weight excluding hydrogens is 298 g/mol. The molecule has 4 heteroatoms. The Hall–Kier alpha value is -1.55. The number of rotatable bonds is 6. The molecule has 0 aliphatic carbocycles. The maximum atomic E-state index is 9.00. The zero-order valence-corrected chi connectivity index (χ0v) is 13.9. The highest BCUT2D eigenvalue weighted by atomic mass is 35.5. The highest BCUT2D eigenvalue weighted by Gasteiger charge is 2.11. The number of aliphatic hydroxyl groups excluding tert-OH is 1. The number of hydrogen-bond acceptors (Lipinski definition) is 3.